The van der Waals surface area contributed by atoms with E-state index in [-0.39, 0.29) is 5.92 Å². The topological polar surface area (TPSA) is 23.6 Å². The molecule has 2 aliphatic heterocycles. The van der Waals surface area contributed by atoms with Crippen molar-refractivity contribution in [1.29, 1.82) is 0 Å². The standard InChI is InChI=1S/C17H22N2O/c1-12-4-2-5-15-14(12)6-7-16(15)19-10-13(11-19)17(20)18-8-3-9-18/h2,4-5,13,16H,3,6-11H2,1H3. The van der Waals surface area contributed by atoms with E-state index in [0.29, 0.717) is 11.9 Å². The second kappa shape index (κ2) is 4.59. The first-order chi connectivity index (χ1) is 9.74. The van der Waals surface area contributed by atoms with Crippen molar-refractivity contribution in [3.8, 4) is 0 Å². The van der Waals surface area contributed by atoms with Gasteiger partial charge in [-0.3, -0.25) is 9.69 Å². The van der Waals surface area contributed by atoms with Crippen molar-refractivity contribution in [2.45, 2.75) is 32.2 Å². The molecule has 2 heterocycles. The number of amides is 1. The summed E-state index contributed by atoms with van der Waals surface area (Å²) in [7, 11) is 0. The zero-order chi connectivity index (χ0) is 13.7. The van der Waals surface area contributed by atoms with E-state index < -0.39 is 0 Å². The Bertz CT molecular complexity index is 544. The molecule has 3 nitrogen and oxygen atoms in total. The minimum Gasteiger partial charge on any atom is -0.342 e. The van der Waals surface area contributed by atoms with Gasteiger partial charge in [0.1, 0.15) is 0 Å². The lowest BCUT2D eigenvalue weighted by molar-refractivity contribution is -0.145. The van der Waals surface area contributed by atoms with E-state index in [1.807, 2.05) is 4.90 Å². The van der Waals surface area contributed by atoms with Gasteiger partial charge in [0, 0.05) is 32.2 Å². The fourth-order valence-corrected chi connectivity index (χ4v) is 3.91. The Morgan fingerprint density at radius 1 is 1.25 bits per heavy atom. The number of rotatable bonds is 2. The lowest BCUT2D eigenvalue weighted by Crippen LogP contribution is -2.57. The van der Waals surface area contributed by atoms with Crippen molar-refractivity contribution in [2.75, 3.05) is 26.2 Å². The van der Waals surface area contributed by atoms with Crippen molar-refractivity contribution in [3.63, 3.8) is 0 Å². The van der Waals surface area contributed by atoms with Crippen LogP contribution in [0, 0.1) is 12.8 Å². The Kier molecular flexibility index (Phi) is 2.84. The third kappa shape index (κ3) is 1.80. The molecule has 106 valence electrons. The number of aryl methyl sites for hydroxylation is 1. The monoisotopic (exact) mass is 270 g/mol. The van der Waals surface area contributed by atoms with E-state index in [0.717, 1.165) is 26.2 Å². The van der Waals surface area contributed by atoms with E-state index in [9.17, 15) is 4.79 Å². The minimum absolute atomic E-state index is 0.268. The molecule has 1 unspecified atom stereocenters. The van der Waals surface area contributed by atoms with Gasteiger partial charge in [-0.1, -0.05) is 18.2 Å². The first-order valence-corrected chi connectivity index (χ1v) is 7.85. The van der Waals surface area contributed by atoms with Gasteiger partial charge in [0.25, 0.3) is 0 Å². The zero-order valence-corrected chi connectivity index (χ0v) is 12.1. The molecular weight excluding hydrogens is 248 g/mol. The molecule has 1 aliphatic carbocycles. The van der Waals surface area contributed by atoms with E-state index in [2.05, 4.69) is 30.0 Å². The Balaban J connectivity index is 1.43. The molecule has 1 atom stereocenters. The molecule has 0 saturated carbocycles. The van der Waals surface area contributed by atoms with Crippen LogP contribution >= 0.6 is 0 Å². The lowest BCUT2D eigenvalue weighted by Gasteiger charge is -2.45. The average Bonchev–Trinajstić information content (AvgIpc) is 2.70. The molecule has 0 radical (unpaired) electrons. The summed E-state index contributed by atoms with van der Waals surface area (Å²) in [5.41, 5.74) is 4.49. The van der Waals surface area contributed by atoms with Gasteiger partial charge in [-0.05, 0) is 42.9 Å². The van der Waals surface area contributed by atoms with Crippen LogP contribution in [-0.4, -0.2) is 41.9 Å². The summed E-state index contributed by atoms with van der Waals surface area (Å²) in [6.07, 6.45) is 3.62. The van der Waals surface area contributed by atoms with Crippen molar-refractivity contribution >= 4 is 5.91 Å². The Labute approximate surface area is 120 Å². The number of hydrogen-bond acceptors (Lipinski definition) is 2. The van der Waals surface area contributed by atoms with E-state index in [1.165, 1.54) is 30.4 Å². The van der Waals surface area contributed by atoms with Crippen molar-refractivity contribution in [2.24, 2.45) is 5.92 Å². The molecule has 0 spiro atoms. The highest BCUT2D eigenvalue weighted by atomic mass is 16.2. The predicted octanol–water partition coefficient (Wildman–Crippen LogP) is 2.15. The smallest absolute Gasteiger partial charge is 0.228 e. The molecule has 20 heavy (non-hydrogen) atoms. The van der Waals surface area contributed by atoms with Crippen LogP contribution in [-0.2, 0) is 11.2 Å². The van der Waals surface area contributed by atoms with Crippen LogP contribution in [0.2, 0.25) is 0 Å². The SMILES string of the molecule is Cc1cccc2c1CCC2N1CC(C(=O)N2CCC2)C1. The molecule has 3 heteroatoms. The molecule has 0 aromatic heterocycles. The molecule has 3 aliphatic rings. The fraction of sp³-hybridized carbons (Fsp3) is 0.588. The molecule has 0 N–H and O–H groups in total. The van der Waals surface area contributed by atoms with Gasteiger partial charge in [0.2, 0.25) is 5.91 Å². The first-order valence-electron chi connectivity index (χ1n) is 7.85. The van der Waals surface area contributed by atoms with E-state index in [1.54, 1.807) is 5.56 Å². The van der Waals surface area contributed by atoms with Crippen LogP contribution in [0.4, 0.5) is 0 Å². The third-order valence-corrected chi connectivity index (χ3v) is 5.34. The van der Waals surface area contributed by atoms with Crippen LogP contribution in [0.5, 0.6) is 0 Å². The number of benzene rings is 1. The minimum atomic E-state index is 0.268. The number of carbonyl (C=O) groups excluding carboxylic acids is 1. The molecule has 1 amide bonds. The van der Waals surface area contributed by atoms with Gasteiger partial charge in [-0.2, -0.15) is 0 Å². The summed E-state index contributed by atoms with van der Waals surface area (Å²) in [6, 6.07) is 7.23. The highest BCUT2D eigenvalue weighted by Gasteiger charge is 2.41. The maximum atomic E-state index is 12.2. The van der Waals surface area contributed by atoms with Crippen LogP contribution in [0.25, 0.3) is 0 Å². The molecule has 1 aromatic rings. The van der Waals surface area contributed by atoms with Gasteiger partial charge < -0.3 is 4.90 Å². The molecular formula is C17H22N2O. The number of likely N-dealkylation sites (tertiary alicyclic amines) is 2. The van der Waals surface area contributed by atoms with E-state index >= 15 is 0 Å². The maximum Gasteiger partial charge on any atom is 0.228 e. The van der Waals surface area contributed by atoms with Crippen molar-refractivity contribution < 1.29 is 4.79 Å². The lowest BCUT2D eigenvalue weighted by atomic mass is 9.92. The van der Waals surface area contributed by atoms with Crippen LogP contribution in [0.1, 0.15) is 35.6 Å². The van der Waals surface area contributed by atoms with E-state index in [4.69, 9.17) is 0 Å². The summed E-state index contributed by atoms with van der Waals surface area (Å²) in [5, 5.41) is 0. The fourth-order valence-electron chi connectivity index (χ4n) is 3.91. The summed E-state index contributed by atoms with van der Waals surface area (Å²) < 4.78 is 0. The average molecular weight is 270 g/mol. The first kappa shape index (κ1) is 12.4. The summed E-state index contributed by atoms with van der Waals surface area (Å²) >= 11 is 0. The normalized spacial score (nSPS) is 26.1. The second-order valence-electron chi connectivity index (χ2n) is 6.53. The largest absolute Gasteiger partial charge is 0.342 e. The summed E-state index contributed by atoms with van der Waals surface area (Å²) in [5.74, 6) is 0.666. The summed E-state index contributed by atoms with van der Waals surface area (Å²) in [6.45, 7) is 6.12. The van der Waals surface area contributed by atoms with Gasteiger partial charge in [0.15, 0.2) is 0 Å². The predicted molar refractivity (Wildman–Crippen MR) is 78.5 cm³/mol. The molecule has 2 fully saturated rings. The zero-order valence-electron chi connectivity index (χ0n) is 12.1. The van der Waals surface area contributed by atoms with Gasteiger partial charge >= 0.3 is 0 Å². The number of nitrogens with zero attached hydrogens (tertiary/aromatic N) is 2. The molecule has 4 rings (SSSR count). The Morgan fingerprint density at radius 2 is 2.05 bits per heavy atom. The van der Waals surface area contributed by atoms with Gasteiger partial charge in [-0.15, -0.1) is 0 Å². The van der Waals surface area contributed by atoms with Gasteiger partial charge in [-0.25, -0.2) is 0 Å². The highest BCUT2D eigenvalue weighted by molar-refractivity contribution is 5.80. The van der Waals surface area contributed by atoms with Crippen LogP contribution in [0.15, 0.2) is 18.2 Å². The highest BCUT2D eigenvalue weighted by Crippen LogP contribution is 2.40. The summed E-state index contributed by atoms with van der Waals surface area (Å²) in [4.78, 5) is 16.7. The van der Waals surface area contributed by atoms with Crippen LogP contribution in [0.3, 0.4) is 0 Å². The van der Waals surface area contributed by atoms with Gasteiger partial charge in [0.05, 0.1) is 5.92 Å². The maximum absolute atomic E-state index is 12.2. The Morgan fingerprint density at radius 3 is 2.75 bits per heavy atom. The number of hydrogen-bond donors (Lipinski definition) is 0. The second-order valence-corrected chi connectivity index (χ2v) is 6.53. The quantitative estimate of drug-likeness (QED) is 0.822. The molecule has 2 saturated heterocycles. The third-order valence-electron chi connectivity index (χ3n) is 5.34. The molecule has 1 aromatic carbocycles. The number of fused-ring (bicyclic) bond motifs is 1. The number of carbonyl (C=O) groups is 1. The molecule has 0 bridgehead atoms. The van der Waals surface area contributed by atoms with Crippen molar-refractivity contribution in [3.05, 3.63) is 34.9 Å². The van der Waals surface area contributed by atoms with Crippen molar-refractivity contribution in [1.82, 2.24) is 9.80 Å². The van der Waals surface area contributed by atoms with Crippen LogP contribution < -0.4 is 0 Å². The Hall–Kier alpha value is -1.35.